The third-order valence-electron chi connectivity index (χ3n) is 5.15. The molecule has 2 unspecified atom stereocenters. The van der Waals surface area contributed by atoms with Crippen LogP contribution in [0.15, 0.2) is 30.3 Å². The number of hydrogen-bond acceptors (Lipinski definition) is 5. The van der Waals surface area contributed by atoms with E-state index in [4.69, 9.17) is 9.47 Å². The molecular formula is C20H28N2O4. The zero-order chi connectivity index (χ0) is 18.4. The van der Waals surface area contributed by atoms with Gasteiger partial charge in [-0.25, -0.2) is 0 Å². The zero-order valence-corrected chi connectivity index (χ0v) is 15.4. The fraction of sp³-hybridized carbons (Fsp3) is 0.600. The molecule has 3 rings (SSSR count). The minimum Gasteiger partial charge on any atom is -0.465 e. The molecule has 6 nitrogen and oxygen atoms in total. The first-order chi connectivity index (χ1) is 12.7. The second kappa shape index (κ2) is 9.14. The molecule has 142 valence electrons. The molecule has 0 aromatic heterocycles. The van der Waals surface area contributed by atoms with Crippen molar-refractivity contribution in [2.75, 3.05) is 37.7 Å². The quantitative estimate of drug-likeness (QED) is 0.728. The molecule has 1 saturated heterocycles. The lowest BCUT2D eigenvalue weighted by molar-refractivity contribution is -0.142. The first-order valence-electron chi connectivity index (χ1n) is 9.55. The van der Waals surface area contributed by atoms with Gasteiger partial charge in [-0.3, -0.25) is 14.5 Å². The van der Waals surface area contributed by atoms with E-state index >= 15 is 0 Å². The molecule has 2 atom stereocenters. The molecule has 26 heavy (non-hydrogen) atoms. The Hall–Kier alpha value is -1.92. The average molecular weight is 360 g/mol. The first kappa shape index (κ1) is 18.9. The molecule has 1 aromatic carbocycles. The molecular weight excluding hydrogens is 332 g/mol. The van der Waals surface area contributed by atoms with E-state index in [0.717, 1.165) is 25.1 Å². The Morgan fingerprint density at radius 2 is 2.00 bits per heavy atom. The van der Waals surface area contributed by atoms with Gasteiger partial charge < -0.3 is 14.4 Å². The number of benzene rings is 1. The summed E-state index contributed by atoms with van der Waals surface area (Å²) in [5.41, 5.74) is 0.721. The Morgan fingerprint density at radius 3 is 2.77 bits per heavy atom. The van der Waals surface area contributed by atoms with Crippen molar-refractivity contribution < 1.29 is 19.1 Å². The van der Waals surface area contributed by atoms with Crippen LogP contribution in [0.25, 0.3) is 0 Å². The number of esters is 1. The van der Waals surface area contributed by atoms with Crippen LogP contribution in [-0.4, -0.2) is 61.8 Å². The minimum absolute atomic E-state index is 0.0604. The van der Waals surface area contributed by atoms with Gasteiger partial charge in [0.05, 0.1) is 25.9 Å². The lowest BCUT2D eigenvalue weighted by Crippen LogP contribution is -2.55. The van der Waals surface area contributed by atoms with Crippen molar-refractivity contribution in [3.05, 3.63) is 30.3 Å². The molecule has 1 amide bonds. The van der Waals surface area contributed by atoms with E-state index in [1.165, 1.54) is 17.7 Å². The molecule has 0 radical (unpaired) electrons. The molecule has 1 aliphatic heterocycles. The van der Waals surface area contributed by atoms with Crippen LogP contribution >= 0.6 is 0 Å². The highest BCUT2D eigenvalue weighted by atomic mass is 16.5. The fourth-order valence-corrected chi connectivity index (χ4v) is 3.90. The SMILES string of the molecule is CCOC(=O)CN(C(=O)CN1CCOC2CCCCC21)c1ccccc1. The number of para-hydroxylation sites is 1. The number of rotatable bonds is 6. The summed E-state index contributed by atoms with van der Waals surface area (Å²) >= 11 is 0. The Balaban J connectivity index is 1.71. The molecule has 6 heteroatoms. The van der Waals surface area contributed by atoms with E-state index < -0.39 is 0 Å². The van der Waals surface area contributed by atoms with Crippen molar-refractivity contribution >= 4 is 17.6 Å². The van der Waals surface area contributed by atoms with E-state index in [2.05, 4.69) is 4.90 Å². The maximum Gasteiger partial charge on any atom is 0.326 e. The largest absolute Gasteiger partial charge is 0.465 e. The molecule has 1 heterocycles. The highest BCUT2D eigenvalue weighted by Gasteiger charge is 2.35. The first-order valence-corrected chi connectivity index (χ1v) is 9.55. The lowest BCUT2D eigenvalue weighted by atomic mass is 9.90. The summed E-state index contributed by atoms with van der Waals surface area (Å²) in [4.78, 5) is 28.8. The van der Waals surface area contributed by atoms with Crippen molar-refractivity contribution in [3.63, 3.8) is 0 Å². The van der Waals surface area contributed by atoms with Crippen LogP contribution in [-0.2, 0) is 19.1 Å². The predicted molar refractivity (Wildman–Crippen MR) is 99.0 cm³/mol. The summed E-state index contributed by atoms with van der Waals surface area (Å²) in [6.07, 6.45) is 4.75. The molecule has 2 fully saturated rings. The standard InChI is InChI=1S/C20H28N2O4/c1-2-25-20(24)15-22(16-8-4-3-5-9-16)19(23)14-21-12-13-26-18-11-7-6-10-17(18)21/h3-5,8-9,17-18H,2,6-7,10-15H2,1H3. The van der Waals surface area contributed by atoms with Crippen molar-refractivity contribution in [1.82, 2.24) is 4.90 Å². The lowest BCUT2D eigenvalue weighted by Gasteiger charge is -2.43. The normalized spacial score (nSPS) is 23.1. The summed E-state index contributed by atoms with van der Waals surface area (Å²) in [6, 6.07) is 9.63. The predicted octanol–water partition coefficient (Wildman–Crippen LogP) is 2.23. The molecule has 0 bridgehead atoms. The van der Waals surface area contributed by atoms with Crippen molar-refractivity contribution in [1.29, 1.82) is 0 Å². The third-order valence-corrected chi connectivity index (χ3v) is 5.15. The van der Waals surface area contributed by atoms with Gasteiger partial charge in [0.1, 0.15) is 6.54 Å². The van der Waals surface area contributed by atoms with Gasteiger partial charge in [-0.1, -0.05) is 31.0 Å². The van der Waals surface area contributed by atoms with Gasteiger partial charge in [0.25, 0.3) is 0 Å². The van der Waals surface area contributed by atoms with Crippen LogP contribution in [0.2, 0.25) is 0 Å². The Labute approximate surface area is 155 Å². The number of carbonyl (C=O) groups is 2. The number of carbonyl (C=O) groups excluding carboxylic acids is 2. The van der Waals surface area contributed by atoms with E-state index in [1.807, 2.05) is 30.3 Å². The van der Waals surface area contributed by atoms with E-state index in [1.54, 1.807) is 6.92 Å². The van der Waals surface area contributed by atoms with Gasteiger partial charge in [-0.15, -0.1) is 0 Å². The van der Waals surface area contributed by atoms with Gasteiger partial charge in [-0.05, 0) is 31.9 Å². The molecule has 1 aliphatic carbocycles. The van der Waals surface area contributed by atoms with Crippen molar-refractivity contribution in [2.24, 2.45) is 0 Å². The summed E-state index contributed by atoms with van der Waals surface area (Å²) in [5, 5.41) is 0. The number of hydrogen-bond donors (Lipinski definition) is 0. The van der Waals surface area contributed by atoms with Gasteiger partial charge in [0, 0.05) is 18.3 Å². The average Bonchev–Trinajstić information content (AvgIpc) is 2.67. The van der Waals surface area contributed by atoms with Crippen LogP contribution in [0.3, 0.4) is 0 Å². The minimum atomic E-state index is -0.387. The number of nitrogens with zero attached hydrogens (tertiary/aromatic N) is 2. The van der Waals surface area contributed by atoms with Gasteiger partial charge in [0.15, 0.2) is 0 Å². The Morgan fingerprint density at radius 1 is 1.23 bits per heavy atom. The smallest absolute Gasteiger partial charge is 0.326 e. The topological polar surface area (TPSA) is 59.1 Å². The van der Waals surface area contributed by atoms with Crippen molar-refractivity contribution in [2.45, 2.75) is 44.8 Å². The molecule has 1 aromatic rings. The zero-order valence-electron chi connectivity index (χ0n) is 15.4. The van der Waals surface area contributed by atoms with Gasteiger partial charge in [-0.2, -0.15) is 0 Å². The maximum absolute atomic E-state index is 13.1. The molecule has 2 aliphatic rings. The Bertz CT molecular complexity index is 605. The van der Waals surface area contributed by atoms with E-state index in [0.29, 0.717) is 25.8 Å². The van der Waals surface area contributed by atoms with E-state index in [9.17, 15) is 9.59 Å². The van der Waals surface area contributed by atoms with Gasteiger partial charge >= 0.3 is 5.97 Å². The van der Waals surface area contributed by atoms with Crippen LogP contribution in [0.4, 0.5) is 5.69 Å². The van der Waals surface area contributed by atoms with Gasteiger partial charge in [0.2, 0.25) is 5.91 Å². The molecule has 0 spiro atoms. The van der Waals surface area contributed by atoms with Crippen LogP contribution in [0.1, 0.15) is 32.6 Å². The van der Waals surface area contributed by atoms with Crippen molar-refractivity contribution in [3.8, 4) is 0 Å². The summed E-state index contributed by atoms with van der Waals surface area (Å²) < 4.78 is 10.9. The second-order valence-electron chi connectivity index (χ2n) is 6.85. The molecule has 1 saturated carbocycles. The number of anilines is 1. The number of amides is 1. The molecule has 0 N–H and O–H groups in total. The summed E-state index contributed by atoms with van der Waals surface area (Å²) in [7, 11) is 0. The second-order valence-corrected chi connectivity index (χ2v) is 6.85. The number of fused-ring (bicyclic) bond motifs is 1. The number of ether oxygens (including phenoxy) is 2. The fourth-order valence-electron chi connectivity index (χ4n) is 3.90. The van der Waals surface area contributed by atoms with Crippen LogP contribution in [0.5, 0.6) is 0 Å². The summed E-state index contributed by atoms with van der Waals surface area (Å²) in [6.45, 7) is 3.74. The highest BCUT2D eigenvalue weighted by molar-refractivity contribution is 5.98. The highest BCUT2D eigenvalue weighted by Crippen LogP contribution is 2.28. The summed E-state index contributed by atoms with van der Waals surface area (Å²) in [5.74, 6) is -0.460. The Kier molecular flexibility index (Phi) is 6.63. The maximum atomic E-state index is 13.1. The number of morpholine rings is 1. The monoisotopic (exact) mass is 360 g/mol. The van der Waals surface area contributed by atoms with E-state index in [-0.39, 0.29) is 24.5 Å². The van der Waals surface area contributed by atoms with Crippen LogP contribution in [0, 0.1) is 0 Å². The third kappa shape index (κ3) is 4.62. The van der Waals surface area contributed by atoms with Crippen LogP contribution < -0.4 is 4.90 Å².